The number of amides is 1. The van der Waals surface area contributed by atoms with Crippen molar-refractivity contribution in [2.45, 2.75) is 44.9 Å². The number of hydrogen-bond acceptors (Lipinski definition) is 8. The van der Waals surface area contributed by atoms with E-state index in [2.05, 4.69) is 26.2 Å². The van der Waals surface area contributed by atoms with Gasteiger partial charge >= 0.3 is 12.1 Å². The topological polar surface area (TPSA) is 117 Å². The van der Waals surface area contributed by atoms with Crippen molar-refractivity contribution in [2.24, 2.45) is 0 Å². The zero-order chi connectivity index (χ0) is 25.6. The number of rotatable bonds is 8. The molecule has 184 valence electrons. The molecule has 3 aromatic rings. The van der Waals surface area contributed by atoms with E-state index in [1.807, 2.05) is 0 Å². The van der Waals surface area contributed by atoms with E-state index in [0.717, 1.165) is 0 Å². The molecule has 35 heavy (non-hydrogen) atoms. The molecule has 2 unspecified atom stereocenters. The van der Waals surface area contributed by atoms with Crippen LogP contribution in [0.1, 0.15) is 43.6 Å². The van der Waals surface area contributed by atoms with Crippen LogP contribution in [-0.4, -0.2) is 57.0 Å². The quantitative estimate of drug-likeness (QED) is 0.361. The molecule has 0 bridgehead atoms. The molecule has 2 aromatic heterocycles. The Morgan fingerprint density at radius 3 is 2.69 bits per heavy atom. The van der Waals surface area contributed by atoms with Crippen molar-refractivity contribution in [3.05, 3.63) is 47.5 Å². The van der Waals surface area contributed by atoms with E-state index in [1.165, 1.54) is 25.8 Å². The van der Waals surface area contributed by atoms with E-state index in [9.17, 15) is 9.59 Å². The molecule has 3 rings (SSSR count). The van der Waals surface area contributed by atoms with E-state index >= 15 is 0 Å². The molecule has 0 spiro atoms. The van der Waals surface area contributed by atoms with Gasteiger partial charge in [0.05, 0.1) is 24.0 Å². The number of nitrogens with one attached hydrogen (secondary N) is 1. The molecule has 10 nitrogen and oxygen atoms in total. The van der Waals surface area contributed by atoms with Gasteiger partial charge in [-0.3, -0.25) is 5.32 Å². The highest BCUT2D eigenvalue weighted by Gasteiger charge is 2.23. The Labute approximate surface area is 208 Å². The number of ether oxygens (including phenoxy) is 3. The van der Waals surface area contributed by atoms with Crippen LogP contribution in [-0.2, 0) is 14.2 Å². The standard InChI is InChI=1S/C24H26ClN5O5/c1-6-17(11-18(33-5)12-34-22(31)15-8-7-9-16(25)10-15)30-14-28-19-20(26-13-27-21(19)30)29-23(32)35-24(2,3)4/h1,7-10,13-14,17-18H,11-12H2,2-5H3,(H,26,27,29,32). The fourth-order valence-electron chi connectivity index (χ4n) is 3.18. The van der Waals surface area contributed by atoms with Crippen LogP contribution in [0.2, 0.25) is 5.02 Å². The van der Waals surface area contributed by atoms with Gasteiger partial charge in [-0.25, -0.2) is 24.5 Å². The maximum absolute atomic E-state index is 12.3. The first-order chi connectivity index (χ1) is 16.6. The van der Waals surface area contributed by atoms with Crippen LogP contribution in [0.5, 0.6) is 0 Å². The van der Waals surface area contributed by atoms with Crippen LogP contribution in [0.25, 0.3) is 11.2 Å². The fraction of sp³-hybridized carbons (Fsp3) is 0.375. The number of aromatic nitrogens is 4. The number of carbonyl (C=O) groups excluding carboxylic acids is 2. The van der Waals surface area contributed by atoms with E-state index < -0.39 is 29.8 Å². The highest BCUT2D eigenvalue weighted by atomic mass is 35.5. The van der Waals surface area contributed by atoms with Crippen molar-refractivity contribution >= 4 is 40.6 Å². The number of anilines is 1. The first-order valence-corrected chi connectivity index (χ1v) is 11.1. The van der Waals surface area contributed by atoms with E-state index in [4.69, 9.17) is 32.2 Å². The highest BCUT2D eigenvalue weighted by Crippen LogP contribution is 2.24. The van der Waals surface area contributed by atoms with Gasteiger partial charge < -0.3 is 18.8 Å². The van der Waals surface area contributed by atoms with Gasteiger partial charge in [-0.2, -0.15) is 0 Å². The molecule has 1 amide bonds. The lowest BCUT2D eigenvalue weighted by Gasteiger charge is -2.20. The number of halogens is 1. The summed E-state index contributed by atoms with van der Waals surface area (Å²) in [6.07, 6.45) is 7.74. The summed E-state index contributed by atoms with van der Waals surface area (Å²) in [5.41, 5.74) is 0.429. The first kappa shape index (κ1) is 25.9. The number of benzene rings is 1. The minimum Gasteiger partial charge on any atom is -0.459 e. The van der Waals surface area contributed by atoms with Crippen molar-refractivity contribution < 1.29 is 23.8 Å². The molecule has 1 aromatic carbocycles. The minimum absolute atomic E-state index is 0.0207. The average Bonchev–Trinajstić information content (AvgIpc) is 3.23. The van der Waals surface area contributed by atoms with Crippen LogP contribution >= 0.6 is 11.6 Å². The summed E-state index contributed by atoms with van der Waals surface area (Å²) in [4.78, 5) is 37.2. The van der Waals surface area contributed by atoms with Gasteiger partial charge in [-0.1, -0.05) is 23.6 Å². The molecule has 1 N–H and O–H groups in total. The van der Waals surface area contributed by atoms with Gasteiger partial charge in [-0.05, 0) is 39.0 Å². The van der Waals surface area contributed by atoms with Crippen molar-refractivity contribution in [3.63, 3.8) is 0 Å². The Morgan fingerprint density at radius 1 is 1.26 bits per heavy atom. The van der Waals surface area contributed by atoms with Crippen LogP contribution in [0.15, 0.2) is 36.9 Å². The molecule has 2 atom stereocenters. The maximum atomic E-state index is 12.3. The number of esters is 1. The Bertz CT molecular complexity index is 1250. The van der Waals surface area contributed by atoms with Crippen LogP contribution in [0, 0.1) is 12.3 Å². The van der Waals surface area contributed by atoms with E-state index in [-0.39, 0.29) is 12.4 Å². The zero-order valence-electron chi connectivity index (χ0n) is 19.8. The number of terminal acetylenes is 1. The number of fused-ring (bicyclic) bond motifs is 1. The number of nitrogens with zero attached hydrogens (tertiary/aromatic N) is 4. The number of methoxy groups -OCH3 is 1. The van der Waals surface area contributed by atoms with Crippen molar-refractivity contribution in [1.82, 2.24) is 19.5 Å². The summed E-state index contributed by atoms with van der Waals surface area (Å²) in [6.45, 7) is 5.25. The third-order valence-electron chi connectivity index (χ3n) is 4.79. The Balaban J connectivity index is 1.72. The van der Waals surface area contributed by atoms with Gasteiger partial charge in [0.2, 0.25) is 0 Å². The molecule has 0 aliphatic heterocycles. The smallest absolute Gasteiger partial charge is 0.413 e. The Morgan fingerprint density at radius 2 is 2.03 bits per heavy atom. The monoisotopic (exact) mass is 499 g/mol. The first-order valence-electron chi connectivity index (χ1n) is 10.7. The molecule has 0 fully saturated rings. The second kappa shape index (κ2) is 11.2. The minimum atomic E-state index is -0.671. The van der Waals surface area contributed by atoms with Crippen molar-refractivity contribution in [2.75, 3.05) is 19.0 Å². The predicted molar refractivity (Wildman–Crippen MR) is 130 cm³/mol. The molecular formula is C24H26ClN5O5. The van der Waals surface area contributed by atoms with Gasteiger partial charge in [0.25, 0.3) is 0 Å². The molecule has 0 saturated heterocycles. The SMILES string of the molecule is C#CC(CC(COC(=O)c1cccc(Cl)c1)OC)n1cnc2c(NC(=O)OC(C)(C)C)ncnc21. The second-order valence-corrected chi connectivity index (χ2v) is 8.99. The van der Waals surface area contributed by atoms with Crippen molar-refractivity contribution in [1.29, 1.82) is 0 Å². The lowest BCUT2D eigenvalue weighted by molar-refractivity contribution is 0.00525. The van der Waals surface area contributed by atoms with Crippen LogP contribution < -0.4 is 5.32 Å². The summed E-state index contributed by atoms with van der Waals surface area (Å²) in [5, 5.41) is 3.02. The predicted octanol–water partition coefficient (Wildman–Crippen LogP) is 4.26. The summed E-state index contributed by atoms with van der Waals surface area (Å²) in [5.74, 6) is 2.36. The third-order valence-corrected chi connectivity index (χ3v) is 5.02. The summed E-state index contributed by atoms with van der Waals surface area (Å²) >= 11 is 5.93. The van der Waals surface area contributed by atoms with Crippen molar-refractivity contribution in [3.8, 4) is 12.3 Å². The number of hydrogen-bond donors (Lipinski definition) is 1. The second-order valence-electron chi connectivity index (χ2n) is 8.56. The highest BCUT2D eigenvalue weighted by molar-refractivity contribution is 6.30. The molecule has 2 heterocycles. The lowest BCUT2D eigenvalue weighted by atomic mass is 10.1. The lowest BCUT2D eigenvalue weighted by Crippen LogP contribution is -2.27. The van der Waals surface area contributed by atoms with Gasteiger partial charge in [0.1, 0.15) is 18.5 Å². The van der Waals surface area contributed by atoms with E-state index in [0.29, 0.717) is 28.2 Å². The number of carbonyl (C=O) groups is 2. The molecular weight excluding hydrogens is 474 g/mol. The summed E-state index contributed by atoms with van der Waals surface area (Å²) in [6, 6.07) is 5.94. The Kier molecular flexibility index (Phi) is 8.27. The van der Waals surface area contributed by atoms with Crippen LogP contribution in [0.4, 0.5) is 10.6 Å². The largest absolute Gasteiger partial charge is 0.459 e. The van der Waals surface area contributed by atoms with Crippen LogP contribution in [0.3, 0.4) is 0 Å². The summed E-state index contributed by atoms with van der Waals surface area (Å²) < 4.78 is 17.8. The molecule has 11 heteroatoms. The number of imidazole rings is 1. The fourth-order valence-corrected chi connectivity index (χ4v) is 3.37. The zero-order valence-corrected chi connectivity index (χ0v) is 20.6. The molecule has 0 saturated carbocycles. The van der Waals surface area contributed by atoms with E-state index in [1.54, 1.807) is 43.5 Å². The molecule has 0 aliphatic carbocycles. The molecule has 0 radical (unpaired) electrons. The normalized spacial score (nSPS) is 13.0. The molecule has 0 aliphatic rings. The third kappa shape index (κ3) is 6.91. The van der Waals surface area contributed by atoms with Gasteiger partial charge in [-0.15, -0.1) is 6.42 Å². The average molecular weight is 500 g/mol. The van der Waals surface area contributed by atoms with Gasteiger partial charge in [0, 0.05) is 18.6 Å². The van der Waals surface area contributed by atoms with Gasteiger partial charge in [0.15, 0.2) is 17.0 Å². The Hall–Kier alpha value is -3.68. The maximum Gasteiger partial charge on any atom is 0.413 e. The summed E-state index contributed by atoms with van der Waals surface area (Å²) in [7, 11) is 1.50.